The highest BCUT2D eigenvalue weighted by Gasteiger charge is 2.26. The van der Waals surface area contributed by atoms with Crippen molar-refractivity contribution in [2.45, 2.75) is 18.9 Å². The van der Waals surface area contributed by atoms with Gasteiger partial charge in [0.15, 0.2) is 0 Å². The van der Waals surface area contributed by atoms with Crippen LogP contribution in [0.3, 0.4) is 0 Å². The maximum Gasteiger partial charge on any atom is 0.248 e. The molecule has 0 spiro atoms. The number of nitrogens with zero attached hydrogens (tertiary/aromatic N) is 2. The minimum atomic E-state index is -0.492. The van der Waals surface area contributed by atoms with Crippen LogP contribution < -0.4 is 5.73 Å². The number of pyridine rings is 1. The number of benzene rings is 2. The Morgan fingerprint density at radius 1 is 1.09 bits per heavy atom. The fourth-order valence-corrected chi connectivity index (χ4v) is 3.74. The van der Waals surface area contributed by atoms with Gasteiger partial charge in [-0.1, -0.05) is 30.3 Å². The summed E-state index contributed by atoms with van der Waals surface area (Å²) in [6.07, 6.45) is 0.578. The SMILES string of the molecule is NC(=O)c1cccc(-c2cccc([C@@H]3CN(C(=O)CCc4ccc(F)cc4)CCO3)n2)c1. The molecule has 1 atom stereocenters. The van der Waals surface area contributed by atoms with Crippen LogP contribution in [0.15, 0.2) is 66.7 Å². The number of hydrogen-bond donors (Lipinski definition) is 1. The third-order valence-electron chi connectivity index (χ3n) is 5.50. The third-order valence-corrected chi connectivity index (χ3v) is 5.50. The Kier molecular flexibility index (Phi) is 6.56. The van der Waals surface area contributed by atoms with Gasteiger partial charge in [0.1, 0.15) is 11.9 Å². The summed E-state index contributed by atoms with van der Waals surface area (Å²) in [5.41, 5.74) is 8.94. The van der Waals surface area contributed by atoms with Gasteiger partial charge in [0.25, 0.3) is 0 Å². The van der Waals surface area contributed by atoms with E-state index in [1.54, 1.807) is 35.2 Å². The van der Waals surface area contributed by atoms with Crippen LogP contribution in [0.4, 0.5) is 4.39 Å². The lowest BCUT2D eigenvalue weighted by molar-refractivity contribution is -0.139. The number of carbonyl (C=O) groups is 2. The van der Waals surface area contributed by atoms with Crippen molar-refractivity contribution in [2.75, 3.05) is 19.7 Å². The minimum Gasteiger partial charge on any atom is -0.368 e. The van der Waals surface area contributed by atoms with E-state index in [1.165, 1.54) is 12.1 Å². The first-order valence-corrected chi connectivity index (χ1v) is 10.5. The predicted octanol–water partition coefficient (Wildman–Crippen LogP) is 3.52. The molecule has 6 nitrogen and oxygen atoms in total. The van der Waals surface area contributed by atoms with E-state index in [4.69, 9.17) is 15.5 Å². The summed E-state index contributed by atoms with van der Waals surface area (Å²) < 4.78 is 19.0. The van der Waals surface area contributed by atoms with Gasteiger partial charge in [-0.3, -0.25) is 9.59 Å². The van der Waals surface area contributed by atoms with Crippen molar-refractivity contribution < 1.29 is 18.7 Å². The molecule has 7 heteroatoms. The summed E-state index contributed by atoms with van der Waals surface area (Å²) in [4.78, 5) is 30.7. The Morgan fingerprint density at radius 2 is 1.88 bits per heavy atom. The van der Waals surface area contributed by atoms with Gasteiger partial charge in [0.2, 0.25) is 11.8 Å². The van der Waals surface area contributed by atoms with Gasteiger partial charge in [0.05, 0.1) is 24.5 Å². The number of morpholine rings is 1. The number of hydrogen-bond acceptors (Lipinski definition) is 4. The molecule has 0 radical (unpaired) electrons. The fraction of sp³-hybridized carbons (Fsp3) is 0.240. The van der Waals surface area contributed by atoms with Crippen LogP contribution in [0.2, 0.25) is 0 Å². The van der Waals surface area contributed by atoms with Crippen molar-refractivity contribution in [3.8, 4) is 11.3 Å². The van der Waals surface area contributed by atoms with E-state index in [9.17, 15) is 14.0 Å². The minimum absolute atomic E-state index is 0.0351. The summed E-state index contributed by atoms with van der Waals surface area (Å²) in [5.74, 6) is -0.742. The lowest BCUT2D eigenvalue weighted by Gasteiger charge is -2.33. The number of ether oxygens (including phenoxy) is 1. The molecule has 32 heavy (non-hydrogen) atoms. The van der Waals surface area contributed by atoms with E-state index >= 15 is 0 Å². The number of carbonyl (C=O) groups excluding carboxylic acids is 2. The van der Waals surface area contributed by atoms with Gasteiger partial charge in [-0.15, -0.1) is 0 Å². The van der Waals surface area contributed by atoms with Gasteiger partial charge in [-0.05, 0) is 48.4 Å². The number of halogens is 1. The monoisotopic (exact) mass is 433 g/mol. The third kappa shape index (κ3) is 5.18. The molecule has 164 valence electrons. The van der Waals surface area contributed by atoms with Gasteiger partial charge in [-0.25, -0.2) is 9.37 Å². The highest BCUT2D eigenvalue weighted by atomic mass is 19.1. The lowest BCUT2D eigenvalue weighted by atomic mass is 10.1. The van der Waals surface area contributed by atoms with Crippen LogP contribution in [0.25, 0.3) is 11.3 Å². The first-order chi connectivity index (χ1) is 15.5. The van der Waals surface area contributed by atoms with Gasteiger partial charge in [0, 0.05) is 24.1 Å². The van der Waals surface area contributed by atoms with Crippen molar-refractivity contribution >= 4 is 11.8 Å². The zero-order chi connectivity index (χ0) is 22.5. The number of primary amides is 1. The molecule has 2 amide bonds. The van der Waals surface area contributed by atoms with Gasteiger partial charge in [-0.2, -0.15) is 0 Å². The molecule has 1 aliphatic heterocycles. The summed E-state index contributed by atoms with van der Waals surface area (Å²) in [6.45, 7) is 1.37. The first-order valence-electron chi connectivity index (χ1n) is 10.5. The molecular formula is C25H24FN3O3. The van der Waals surface area contributed by atoms with Crippen molar-refractivity contribution in [1.82, 2.24) is 9.88 Å². The van der Waals surface area contributed by atoms with E-state index < -0.39 is 5.91 Å². The Labute approximate surface area is 185 Å². The second-order valence-corrected chi connectivity index (χ2v) is 7.72. The number of aromatic nitrogens is 1. The molecule has 0 saturated carbocycles. The van der Waals surface area contributed by atoms with Crippen LogP contribution in [0, 0.1) is 5.82 Å². The highest BCUT2D eigenvalue weighted by Crippen LogP contribution is 2.25. The summed E-state index contributed by atoms with van der Waals surface area (Å²) in [6, 6.07) is 18.8. The van der Waals surface area contributed by atoms with Crippen molar-refractivity contribution in [3.63, 3.8) is 0 Å². The average Bonchev–Trinajstić information content (AvgIpc) is 2.84. The van der Waals surface area contributed by atoms with E-state index in [0.717, 1.165) is 16.8 Å². The molecule has 1 aliphatic rings. The van der Waals surface area contributed by atoms with Gasteiger partial charge >= 0.3 is 0 Å². The highest BCUT2D eigenvalue weighted by molar-refractivity contribution is 5.94. The van der Waals surface area contributed by atoms with E-state index in [1.807, 2.05) is 24.3 Å². The zero-order valence-electron chi connectivity index (χ0n) is 17.5. The number of amides is 2. The van der Waals surface area contributed by atoms with Crippen molar-refractivity contribution in [2.24, 2.45) is 5.73 Å². The molecule has 0 aliphatic carbocycles. The molecule has 1 saturated heterocycles. The van der Waals surface area contributed by atoms with E-state index in [2.05, 4.69) is 0 Å². The van der Waals surface area contributed by atoms with E-state index in [0.29, 0.717) is 43.8 Å². The van der Waals surface area contributed by atoms with Gasteiger partial charge < -0.3 is 15.4 Å². The van der Waals surface area contributed by atoms with Crippen LogP contribution in [0.1, 0.15) is 34.1 Å². The molecule has 0 bridgehead atoms. The second kappa shape index (κ2) is 9.70. The molecule has 4 rings (SSSR count). The summed E-state index contributed by atoms with van der Waals surface area (Å²) in [5, 5.41) is 0. The Morgan fingerprint density at radius 3 is 2.66 bits per heavy atom. The largest absolute Gasteiger partial charge is 0.368 e. The predicted molar refractivity (Wildman–Crippen MR) is 118 cm³/mol. The average molecular weight is 433 g/mol. The van der Waals surface area contributed by atoms with Crippen LogP contribution in [-0.2, 0) is 16.0 Å². The smallest absolute Gasteiger partial charge is 0.248 e. The second-order valence-electron chi connectivity index (χ2n) is 7.72. The molecule has 1 fully saturated rings. The van der Waals surface area contributed by atoms with Crippen molar-refractivity contribution in [3.05, 3.63) is 89.4 Å². The normalized spacial score (nSPS) is 16.0. The molecule has 0 unspecified atom stereocenters. The number of nitrogens with two attached hydrogens (primary N) is 1. The summed E-state index contributed by atoms with van der Waals surface area (Å²) in [7, 11) is 0. The lowest BCUT2D eigenvalue weighted by Crippen LogP contribution is -2.42. The van der Waals surface area contributed by atoms with Crippen molar-refractivity contribution in [1.29, 1.82) is 0 Å². The first kappa shape index (κ1) is 21.6. The molecular weight excluding hydrogens is 409 g/mol. The zero-order valence-corrected chi connectivity index (χ0v) is 17.5. The molecule has 2 N–H and O–H groups in total. The fourth-order valence-electron chi connectivity index (χ4n) is 3.74. The standard InChI is InChI=1S/C25H24FN3O3/c26-20-10-7-17(8-11-20)9-12-24(30)29-13-14-32-23(16-29)22-6-2-5-21(28-22)18-3-1-4-19(15-18)25(27)31/h1-8,10-11,15,23H,9,12-14,16H2,(H2,27,31)/t23-/m0/s1. The number of aryl methyl sites for hydroxylation is 1. The van der Waals surface area contributed by atoms with Crippen LogP contribution >= 0.6 is 0 Å². The topological polar surface area (TPSA) is 85.5 Å². The van der Waals surface area contributed by atoms with Crippen LogP contribution in [-0.4, -0.2) is 41.4 Å². The van der Waals surface area contributed by atoms with E-state index in [-0.39, 0.29) is 17.8 Å². The summed E-state index contributed by atoms with van der Waals surface area (Å²) >= 11 is 0. The molecule has 3 aromatic rings. The molecule has 2 aromatic carbocycles. The van der Waals surface area contributed by atoms with Crippen LogP contribution in [0.5, 0.6) is 0 Å². The maximum absolute atomic E-state index is 13.1. The Hall–Kier alpha value is -3.58. The molecule has 1 aromatic heterocycles. The maximum atomic E-state index is 13.1. The Bertz CT molecular complexity index is 1120. The number of rotatable bonds is 6. The Balaban J connectivity index is 1.43. The molecule has 2 heterocycles. The quantitative estimate of drug-likeness (QED) is 0.645.